The highest BCUT2D eigenvalue weighted by molar-refractivity contribution is 6.31. The maximum absolute atomic E-state index is 12.2. The summed E-state index contributed by atoms with van der Waals surface area (Å²) in [4.78, 5) is 24.3. The zero-order valence-corrected chi connectivity index (χ0v) is 12.3. The number of nitrogens with zero attached hydrogens (tertiary/aromatic N) is 1. The van der Waals surface area contributed by atoms with Gasteiger partial charge in [0.1, 0.15) is 12.3 Å². The van der Waals surface area contributed by atoms with Crippen LogP contribution in [0.2, 0.25) is 5.02 Å². The first-order chi connectivity index (χ1) is 9.49. The average Bonchev–Trinajstić information content (AvgIpc) is 2.40. The van der Waals surface area contributed by atoms with E-state index in [-0.39, 0.29) is 18.9 Å². The molecule has 0 aliphatic carbocycles. The monoisotopic (exact) mass is 299 g/mol. The van der Waals surface area contributed by atoms with E-state index in [2.05, 4.69) is 0 Å². The summed E-state index contributed by atoms with van der Waals surface area (Å²) in [5.74, 6) is -0.781. The van der Waals surface area contributed by atoms with Gasteiger partial charge in [-0.3, -0.25) is 9.59 Å². The molecule has 0 aliphatic heterocycles. The minimum Gasteiger partial charge on any atom is -0.496 e. The van der Waals surface area contributed by atoms with Gasteiger partial charge in [0.25, 0.3) is 0 Å². The van der Waals surface area contributed by atoms with Gasteiger partial charge in [0.05, 0.1) is 13.5 Å². The van der Waals surface area contributed by atoms with Crippen molar-refractivity contribution >= 4 is 23.5 Å². The summed E-state index contributed by atoms with van der Waals surface area (Å²) in [6, 6.07) is 5.13. The summed E-state index contributed by atoms with van der Waals surface area (Å²) in [5, 5.41) is 9.27. The Labute approximate surface area is 123 Å². The minimum atomic E-state index is -1.03. The van der Waals surface area contributed by atoms with Crippen molar-refractivity contribution in [2.75, 3.05) is 20.2 Å². The Morgan fingerprint density at radius 1 is 1.40 bits per heavy atom. The lowest BCUT2D eigenvalue weighted by atomic mass is 10.1. The van der Waals surface area contributed by atoms with Gasteiger partial charge in [-0.05, 0) is 18.6 Å². The van der Waals surface area contributed by atoms with E-state index in [0.29, 0.717) is 29.3 Å². The molecular weight excluding hydrogens is 282 g/mol. The van der Waals surface area contributed by atoms with Crippen LogP contribution in [-0.4, -0.2) is 42.1 Å². The van der Waals surface area contributed by atoms with Crippen molar-refractivity contribution in [2.24, 2.45) is 0 Å². The van der Waals surface area contributed by atoms with Crippen molar-refractivity contribution in [2.45, 2.75) is 19.8 Å². The molecule has 0 aliphatic rings. The summed E-state index contributed by atoms with van der Waals surface area (Å²) in [6.07, 6.45) is 0.717. The predicted molar refractivity (Wildman–Crippen MR) is 76.2 cm³/mol. The number of amides is 1. The number of carbonyl (C=O) groups is 2. The van der Waals surface area contributed by atoms with E-state index >= 15 is 0 Å². The lowest BCUT2D eigenvalue weighted by Crippen LogP contribution is -2.37. The van der Waals surface area contributed by atoms with Gasteiger partial charge in [-0.2, -0.15) is 0 Å². The van der Waals surface area contributed by atoms with Gasteiger partial charge in [0, 0.05) is 17.1 Å². The maximum atomic E-state index is 12.2. The third-order valence-corrected chi connectivity index (χ3v) is 3.15. The van der Waals surface area contributed by atoms with Crippen molar-refractivity contribution in [3.05, 3.63) is 28.8 Å². The number of carboxylic acid groups (broad SMARTS) is 1. The van der Waals surface area contributed by atoms with Crippen molar-refractivity contribution in [1.82, 2.24) is 4.90 Å². The Balaban J connectivity index is 2.90. The van der Waals surface area contributed by atoms with Crippen molar-refractivity contribution in [1.29, 1.82) is 0 Å². The second-order valence-corrected chi connectivity index (χ2v) is 4.71. The first-order valence-electron chi connectivity index (χ1n) is 6.30. The van der Waals surface area contributed by atoms with Gasteiger partial charge < -0.3 is 14.7 Å². The third-order valence-electron chi connectivity index (χ3n) is 2.80. The summed E-state index contributed by atoms with van der Waals surface area (Å²) >= 11 is 6.07. The second-order valence-electron chi connectivity index (χ2n) is 4.31. The van der Waals surface area contributed by atoms with Crippen LogP contribution in [0.3, 0.4) is 0 Å². The van der Waals surface area contributed by atoms with Crippen molar-refractivity contribution in [3.8, 4) is 5.75 Å². The molecule has 1 N–H and O–H groups in total. The van der Waals surface area contributed by atoms with E-state index in [1.807, 2.05) is 6.92 Å². The number of carboxylic acids is 1. The van der Waals surface area contributed by atoms with Crippen LogP contribution in [0.5, 0.6) is 5.75 Å². The zero-order valence-electron chi connectivity index (χ0n) is 11.6. The van der Waals surface area contributed by atoms with Gasteiger partial charge in [-0.1, -0.05) is 24.6 Å². The van der Waals surface area contributed by atoms with Crippen LogP contribution in [0.15, 0.2) is 18.2 Å². The number of ether oxygens (including phenoxy) is 1. The van der Waals surface area contributed by atoms with Crippen LogP contribution in [-0.2, 0) is 16.0 Å². The molecule has 5 nitrogen and oxygen atoms in total. The third kappa shape index (κ3) is 4.42. The van der Waals surface area contributed by atoms with E-state index in [0.717, 1.165) is 0 Å². The number of rotatable bonds is 7. The number of hydrogen-bond donors (Lipinski definition) is 1. The molecule has 1 amide bonds. The number of methoxy groups -OCH3 is 1. The first kappa shape index (κ1) is 16.3. The van der Waals surface area contributed by atoms with Crippen LogP contribution >= 0.6 is 11.6 Å². The smallest absolute Gasteiger partial charge is 0.323 e. The number of aliphatic carboxylic acids is 1. The highest BCUT2D eigenvalue weighted by Crippen LogP contribution is 2.27. The number of halogens is 1. The van der Waals surface area contributed by atoms with E-state index in [1.165, 1.54) is 12.0 Å². The summed E-state index contributed by atoms with van der Waals surface area (Å²) in [5.41, 5.74) is 0.577. The van der Waals surface area contributed by atoms with Gasteiger partial charge >= 0.3 is 5.97 Å². The molecule has 0 radical (unpaired) electrons. The molecule has 1 aromatic carbocycles. The van der Waals surface area contributed by atoms with E-state index < -0.39 is 5.97 Å². The SMILES string of the molecule is CCCN(CC(=O)O)C(=O)Cc1c(Cl)cccc1OC. The minimum absolute atomic E-state index is 0.0239. The van der Waals surface area contributed by atoms with Crippen LogP contribution in [0.4, 0.5) is 0 Å². The van der Waals surface area contributed by atoms with Crippen LogP contribution in [0.25, 0.3) is 0 Å². The van der Waals surface area contributed by atoms with Gasteiger partial charge in [-0.15, -0.1) is 0 Å². The number of carbonyl (C=O) groups excluding carboxylic acids is 1. The van der Waals surface area contributed by atoms with E-state index in [4.69, 9.17) is 21.4 Å². The number of benzene rings is 1. The largest absolute Gasteiger partial charge is 0.496 e. The predicted octanol–water partition coefficient (Wildman–Crippen LogP) is 2.21. The average molecular weight is 300 g/mol. The Kier molecular flexibility index (Phi) is 6.31. The van der Waals surface area contributed by atoms with Crippen LogP contribution in [0.1, 0.15) is 18.9 Å². The van der Waals surface area contributed by atoms with E-state index in [1.54, 1.807) is 18.2 Å². The molecule has 0 aromatic heterocycles. The van der Waals surface area contributed by atoms with Crippen LogP contribution in [0, 0.1) is 0 Å². The zero-order chi connectivity index (χ0) is 15.1. The van der Waals surface area contributed by atoms with Crippen molar-refractivity contribution in [3.63, 3.8) is 0 Å². The van der Waals surface area contributed by atoms with Gasteiger partial charge in [-0.25, -0.2) is 0 Å². The lowest BCUT2D eigenvalue weighted by Gasteiger charge is -2.21. The molecule has 1 aromatic rings. The van der Waals surface area contributed by atoms with Crippen LogP contribution < -0.4 is 4.74 Å². The molecule has 0 bridgehead atoms. The fourth-order valence-corrected chi connectivity index (χ4v) is 2.12. The summed E-state index contributed by atoms with van der Waals surface area (Å²) in [7, 11) is 1.50. The molecule has 6 heteroatoms. The molecular formula is C14H18ClNO4. The topological polar surface area (TPSA) is 66.8 Å². The van der Waals surface area contributed by atoms with Gasteiger partial charge in [0.15, 0.2) is 0 Å². The molecule has 0 fully saturated rings. The first-order valence-corrected chi connectivity index (χ1v) is 6.68. The Morgan fingerprint density at radius 2 is 2.10 bits per heavy atom. The quantitative estimate of drug-likeness (QED) is 0.838. The molecule has 0 saturated heterocycles. The summed E-state index contributed by atoms with van der Waals surface area (Å²) < 4.78 is 5.18. The van der Waals surface area contributed by atoms with Gasteiger partial charge in [0.2, 0.25) is 5.91 Å². The lowest BCUT2D eigenvalue weighted by molar-refractivity contribution is -0.144. The Bertz CT molecular complexity index is 490. The highest BCUT2D eigenvalue weighted by Gasteiger charge is 2.19. The molecule has 1 rings (SSSR count). The molecule has 110 valence electrons. The number of hydrogen-bond acceptors (Lipinski definition) is 3. The fourth-order valence-electron chi connectivity index (χ4n) is 1.89. The molecule has 0 unspecified atom stereocenters. The summed E-state index contributed by atoms with van der Waals surface area (Å²) in [6.45, 7) is 1.98. The molecule has 0 saturated carbocycles. The normalized spacial score (nSPS) is 10.2. The molecule has 0 atom stereocenters. The second kappa shape index (κ2) is 7.75. The fraction of sp³-hybridized carbons (Fsp3) is 0.429. The van der Waals surface area contributed by atoms with Crippen molar-refractivity contribution < 1.29 is 19.4 Å². The van der Waals surface area contributed by atoms with E-state index in [9.17, 15) is 9.59 Å². The Morgan fingerprint density at radius 3 is 2.65 bits per heavy atom. The molecule has 20 heavy (non-hydrogen) atoms. The highest BCUT2D eigenvalue weighted by atomic mass is 35.5. The Hall–Kier alpha value is -1.75. The molecule has 0 spiro atoms. The standard InChI is InChI=1S/C14H18ClNO4/c1-3-7-16(9-14(18)19)13(17)8-10-11(15)5-4-6-12(10)20-2/h4-6H,3,7-9H2,1-2H3,(H,18,19). The maximum Gasteiger partial charge on any atom is 0.323 e. The molecule has 0 heterocycles.